The van der Waals surface area contributed by atoms with Crippen LogP contribution in [0.2, 0.25) is 0 Å². The third-order valence-corrected chi connectivity index (χ3v) is 4.81. The van der Waals surface area contributed by atoms with Crippen LogP contribution in [0.3, 0.4) is 0 Å². The molecular weight excluding hydrogens is 394 g/mol. The maximum Gasteiger partial charge on any atom is 0.349 e. The van der Waals surface area contributed by atoms with Crippen molar-refractivity contribution >= 4 is 0 Å². The Hall–Kier alpha value is -3.75. The van der Waals surface area contributed by atoms with Crippen molar-refractivity contribution < 1.29 is 4.74 Å². The van der Waals surface area contributed by atoms with Crippen molar-refractivity contribution in [1.29, 1.82) is 0 Å². The van der Waals surface area contributed by atoms with Crippen LogP contribution in [-0.2, 0) is 12.5 Å². The Labute approximate surface area is 179 Å². The van der Waals surface area contributed by atoms with E-state index in [1.165, 1.54) is 4.68 Å². The monoisotopic (exact) mass is 419 g/mol. The fourth-order valence-corrected chi connectivity index (χ4v) is 3.18. The van der Waals surface area contributed by atoms with Crippen LogP contribution in [0.25, 0.3) is 17.1 Å². The van der Waals surface area contributed by atoms with Crippen molar-refractivity contribution in [2.24, 2.45) is 7.05 Å². The number of rotatable bonds is 4. The topological polar surface area (TPSA) is 104 Å². The van der Waals surface area contributed by atoms with Crippen LogP contribution in [0.5, 0.6) is 11.5 Å². The molecular formula is C22H25N7O2. The standard InChI is InChI=1S/C22H25N7O2/c1-13-9-18(29-21(30)26-20(27-29)22(3,4)5)25-14(2)19(13)31-16-7-8-23-17(10-16)15-11-24-28(6)12-15/h7-12H,1-6H3,(H,26,27,30). The van der Waals surface area contributed by atoms with Gasteiger partial charge in [0, 0.05) is 36.5 Å². The van der Waals surface area contributed by atoms with Crippen LogP contribution in [0.15, 0.2) is 41.6 Å². The van der Waals surface area contributed by atoms with E-state index in [9.17, 15) is 4.79 Å². The summed E-state index contributed by atoms with van der Waals surface area (Å²) in [6.45, 7) is 9.73. The van der Waals surface area contributed by atoms with Crippen molar-refractivity contribution in [2.75, 3.05) is 0 Å². The average molecular weight is 419 g/mol. The molecule has 0 bridgehead atoms. The van der Waals surface area contributed by atoms with Gasteiger partial charge in [0.2, 0.25) is 0 Å². The number of H-pyrrole nitrogens is 1. The first-order chi connectivity index (χ1) is 14.6. The fraction of sp³-hybridized carbons (Fsp3) is 0.318. The number of hydrogen-bond acceptors (Lipinski definition) is 6. The zero-order valence-corrected chi connectivity index (χ0v) is 18.5. The molecule has 0 saturated carbocycles. The van der Waals surface area contributed by atoms with Crippen LogP contribution in [0, 0.1) is 13.8 Å². The third kappa shape index (κ3) is 4.11. The van der Waals surface area contributed by atoms with Crippen LogP contribution in [0.1, 0.15) is 37.9 Å². The lowest BCUT2D eigenvalue weighted by molar-refractivity contribution is 0.470. The second-order valence-electron chi connectivity index (χ2n) is 8.53. The van der Waals surface area contributed by atoms with Gasteiger partial charge in [-0.05, 0) is 31.5 Å². The zero-order chi connectivity index (χ0) is 22.3. The predicted molar refractivity (Wildman–Crippen MR) is 117 cm³/mol. The molecule has 31 heavy (non-hydrogen) atoms. The van der Waals surface area contributed by atoms with E-state index in [2.05, 4.69) is 25.1 Å². The number of aryl methyl sites for hydroxylation is 3. The molecule has 0 spiro atoms. The molecule has 160 valence electrons. The number of aromatic amines is 1. The summed E-state index contributed by atoms with van der Waals surface area (Å²) >= 11 is 0. The van der Waals surface area contributed by atoms with E-state index >= 15 is 0 Å². The van der Waals surface area contributed by atoms with Gasteiger partial charge in [-0.15, -0.1) is 5.10 Å². The Bertz CT molecular complexity index is 1280. The zero-order valence-electron chi connectivity index (χ0n) is 18.5. The molecule has 0 aliphatic heterocycles. The molecule has 0 fully saturated rings. The molecule has 0 saturated heterocycles. The Morgan fingerprint density at radius 3 is 2.55 bits per heavy atom. The van der Waals surface area contributed by atoms with Crippen molar-refractivity contribution in [1.82, 2.24) is 34.5 Å². The minimum Gasteiger partial charge on any atom is -0.455 e. The number of hydrogen-bond donors (Lipinski definition) is 1. The highest BCUT2D eigenvalue weighted by Gasteiger charge is 2.21. The third-order valence-electron chi connectivity index (χ3n) is 4.81. The second kappa shape index (κ2) is 7.50. The van der Waals surface area contributed by atoms with Crippen molar-refractivity contribution in [3.8, 4) is 28.6 Å². The molecule has 0 atom stereocenters. The van der Waals surface area contributed by atoms with Crippen molar-refractivity contribution in [3.63, 3.8) is 0 Å². The van der Waals surface area contributed by atoms with Gasteiger partial charge < -0.3 is 4.74 Å². The molecule has 0 aromatic carbocycles. The summed E-state index contributed by atoms with van der Waals surface area (Å²) in [5.74, 6) is 2.33. The normalized spacial score (nSPS) is 11.7. The molecule has 1 N–H and O–H groups in total. The highest BCUT2D eigenvalue weighted by Crippen LogP contribution is 2.30. The molecule has 4 aromatic heterocycles. The Balaban J connectivity index is 1.66. The SMILES string of the molecule is Cc1cc(-n2nc(C(C)(C)C)[nH]c2=O)nc(C)c1Oc1ccnc(-c2cnn(C)c2)c1. The molecule has 9 heteroatoms. The smallest absolute Gasteiger partial charge is 0.349 e. The van der Waals surface area contributed by atoms with Gasteiger partial charge in [0.1, 0.15) is 11.6 Å². The van der Waals surface area contributed by atoms with E-state index in [-0.39, 0.29) is 11.1 Å². The van der Waals surface area contributed by atoms with Crippen molar-refractivity contribution in [3.05, 3.63) is 64.4 Å². The van der Waals surface area contributed by atoms with Gasteiger partial charge in [-0.25, -0.2) is 9.78 Å². The van der Waals surface area contributed by atoms with E-state index in [0.717, 1.165) is 16.8 Å². The second-order valence-corrected chi connectivity index (χ2v) is 8.53. The minimum absolute atomic E-state index is 0.273. The van der Waals surface area contributed by atoms with E-state index in [1.54, 1.807) is 29.2 Å². The molecule has 9 nitrogen and oxygen atoms in total. The van der Waals surface area contributed by atoms with Gasteiger partial charge in [0.25, 0.3) is 0 Å². The first-order valence-electron chi connectivity index (χ1n) is 9.93. The quantitative estimate of drug-likeness (QED) is 0.543. The maximum atomic E-state index is 12.4. The summed E-state index contributed by atoms with van der Waals surface area (Å²) in [4.78, 5) is 24.2. The molecule has 0 amide bonds. The number of nitrogens with zero attached hydrogens (tertiary/aromatic N) is 6. The van der Waals surface area contributed by atoms with Crippen LogP contribution in [-0.4, -0.2) is 34.5 Å². The van der Waals surface area contributed by atoms with E-state index in [0.29, 0.717) is 28.8 Å². The lowest BCUT2D eigenvalue weighted by Gasteiger charge is -2.14. The Morgan fingerprint density at radius 1 is 1.16 bits per heavy atom. The summed E-state index contributed by atoms with van der Waals surface area (Å²) < 4.78 is 9.16. The Morgan fingerprint density at radius 2 is 1.94 bits per heavy atom. The van der Waals surface area contributed by atoms with Gasteiger partial charge in [-0.3, -0.25) is 14.6 Å². The maximum absolute atomic E-state index is 12.4. The largest absolute Gasteiger partial charge is 0.455 e. The van der Waals surface area contributed by atoms with Gasteiger partial charge in [0.05, 0.1) is 17.6 Å². The number of nitrogens with one attached hydrogen (secondary N) is 1. The number of aromatic nitrogens is 7. The number of ether oxygens (including phenoxy) is 1. The number of pyridine rings is 2. The summed E-state index contributed by atoms with van der Waals surface area (Å²) in [5, 5.41) is 8.61. The summed E-state index contributed by atoms with van der Waals surface area (Å²) in [7, 11) is 1.86. The minimum atomic E-state index is -0.319. The highest BCUT2D eigenvalue weighted by atomic mass is 16.5. The Kier molecular flexibility index (Phi) is 4.96. The summed E-state index contributed by atoms with van der Waals surface area (Å²) in [6, 6.07) is 5.44. The lowest BCUT2D eigenvalue weighted by atomic mass is 9.96. The molecule has 4 aromatic rings. The van der Waals surface area contributed by atoms with E-state index in [4.69, 9.17) is 4.74 Å². The first kappa shape index (κ1) is 20.5. The molecule has 0 aliphatic carbocycles. The summed E-state index contributed by atoms with van der Waals surface area (Å²) in [5.41, 5.74) is 2.58. The molecule has 0 radical (unpaired) electrons. The fourth-order valence-electron chi connectivity index (χ4n) is 3.18. The molecule has 4 rings (SSSR count). The molecule has 0 unspecified atom stereocenters. The van der Waals surface area contributed by atoms with E-state index < -0.39 is 0 Å². The van der Waals surface area contributed by atoms with Crippen LogP contribution < -0.4 is 10.4 Å². The first-order valence-corrected chi connectivity index (χ1v) is 9.93. The van der Waals surface area contributed by atoms with Crippen LogP contribution in [0.4, 0.5) is 0 Å². The van der Waals surface area contributed by atoms with Gasteiger partial charge in [-0.2, -0.15) is 9.78 Å². The van der Waals surface area contributed by atoms with Gasteiger partial charge in [0.15, 0.2) is 11.6 Å². The van der Waals surface area contributed by atoms with Gasteiger partial charge in [-0.1, -0.05) is 20.8 Å². The van der Waals surface area contributed by atoms with E-state index in [1.807, 2.05) is 53.9 Å². The molecule has 0 aliphatic rings. The average Bonchev–Trinajstić information content (AvgIpc) is 3.30. The van der Waals surface area contributed by atoms with Crippen LogP contribution >= 0.6 is 0 Å². The predicted octanol–water partition coefficient (Wildman–Crippen LogP) is 3.46. The highest BCUT2D eigenvalue weighted by molar-refractivity contribution is 5.59. The summed E-state index contributed by atoms with van der Waals surface area (Å²) in [6.07, 6.45) is 5.35. The lowest BCUT2D eigenvalue weighted by Crippen LogP contribution is -2.18. The van der Waals surface area contributed by atoms with Gasteiger partial charge >= 0.3 is 5.69 Å². The molecule has 4 heterocycles. The van der Waals surface area contributed by atoms with Crippen molar-refractivity contribution in [2.45, 2.75) is 40.0 Å².